The van der Waals surface area contributed by atoms with E-state index in [4.69, 9.17) is 19.4 Å². The molecule has 0 bridgehead atoms. The molecule has 0 spiro atoms. The van der Waals surface area contributed by atoms with Crippen molar-refractivity contribution in [1.82, 2.24) is 15.0 Å². The Balaban J connectivity index is 1.04. The van der Waals surface area contributed by atoms with Crippen molar-refractivity contribution < 1.29 is 4.42 Å². The van der Waals surface area contributed by atoms with Gasteiger partial charge in [0.25, 0.3) is 0 Å². The van der Waals surface area contributed by atoms with Crippen LogP contribution in [0.3, 0.4) is 0 Å². The fraction of sp³-hybridized carbons (Fsp3) is 0. The van der Waals surface area contributed by atoms with Gasteiger partial charge in [0, 0.05) is 21.9 Å². The molecule has 0 aliphatic rings. The van der Waals surface area contributed by atoms with Crippen LogP contribution < -0.4 is 0 Å². The van der Waals surface area contributed by atoms with Gasteiger partial charge in [0.2, 0.25) is 0 Å². The number of fused-ring (bicyclic) bond motifs is 4. The molecule has 276 valence electrons. The molecule has 0 atom stereocenters. The van der Waals surface area contributed by atoms with E-state index in [0.717, 1.165) is 71.7 Å². The van der Waals surface area contributed by atoms with Crippen molar-refractivity contribution in [2.24, 2.45) is 0 Å². The molecule has 0 radical (unpaired) electrons. The lowest BCUT2D eigenvalue weighted by atomic mass is 9.93. The fourth-order valence-electron chi connectivity index (χ4n) is 8.21. The lowest BCUT2D eigenvalue weighted by Crippen LogP contribution is -2.01. The van der Waals surface area contributed by atoms with Crippen molar-refractivity contribution in [2.75, 3.05) is 0 Å². The van der Waals surface area contributed by atoms with Crippen LogP contribution in [0.5, 0.6) is 0 Å². The van der Waals surface area contributed by atoms with Crippen molar-refractivity contribution in [3.63, 3.8) is 0 Å². The van der Waals surface area contributed by atoms with E-state index in [9.17, 15) is 0 Å². The van der Waals surface area contributed by atoms with Gasteiger partial charge in [0.15, 0.2) is 17.5 Å². The maximum atomic E-state index is 6.51. The molecule has 59 heavy (non-hydrogen) atoms. The predicted molar refractivity (Wildman–Crippen MR) is 243 cm³/mol. The number of furan rings is 1. The summed E-state index contributed by atoms with van der Waals surface area (Å²) in [4.78, 5) is 15.6. The number of hydrogen-bond donors (Lipinski definition) is 0. The van der Waals surface area contributed by atoms with Crippen LogP contribution in [0.15, 0.2) is 217 Å². The van der Waals surface area contributed by atoms with Crippen LogP contribution in [-0.2, 0) is 0 Å². The van der Waals surface area contributed by atoms with Crippen LogP contribution in [0, 0.1) is 0 Å². The fourth-order valence-corrected chi connectivity index (χ4v) is 8.21. The van der Waals surface area contributed by atoms with E-state index in [2.05, 4.69) is 170 Å². The Morgan fingerprint density at radius 2 is 0.695 bits per heavy atom. The van der Waals surface area contributed by atoms with E-state index in [1.165, 1.54) is 22.3 Å². The number of benzene rings is 9. The predicted octanol–water partition coefficient (Wildman–Crippen LogP) is 14.6. The maximum absolute atomic E-state index is 6.51. The molecule has 4 heteroatoms. The Labute approximate surface area is 341 Å². The minimum atomic E-state index is 0.555. The normalized spacial score (nSPS) is 11.4. The van der Waals surface area contributed by atoms with Gasteiger partial charge in [-0.2, -0.15) is 0 Å². The average Bonchev–Trinajstić information content (AvgIpc) is 3.71. The van der Waals surface area contributed by atoms with Crippen LogP contribution in [0.1, 0.15) is 0 Å². The zero-order valence-corrected chi connectivity index (χ0v) is 32.0. The van der Waals surface area contributed by atoms with Crippen LogP contribution in [0.4, 0.5) is 0 Å². The quantitative estimate of drug-likeness (QED) is 0.163. The second-order valence-corrected chi connectivity index (χ2v) is 14.8. The summed E-state index contributed by atoms with van der Waals surface area (Å²) in [6.45, 7) is 0. The van der Waals surface area contributed by atoms with Gasteiger partial charge in [-0.05, 0) is 79.5 Å². The first kappa shape index (κ1) is 34.3. The Morgan fingerprint density at radius 1 is 0.254 bits per heavy atom. The summed E-state index contributed by atoms with van der Waals surface area (Å²) in [5.74, 6) is 1.74. The average molecular weight is 754 g/mol. The first-order valence-electron chi connectivity index (χ1n) is 19.8. The Bertz CT molecular complexity index is 3300. The molecule has 0 saturated carbocycles. The lowest BCUT2D eigenvalue weighted by Gasteiger charge is -2.14. The first-order valence-corrected chi connectivity index (χ1v) is 19.8. The van der Waals surface area contributed by atoms with Crippen molar-refractivity contribution in [3.8, 4) is 78.7 Å². The van der Waals surface area contributed by atoms with Crippen LogP contribution >= 0.6 is 0 Å². The highest BCUT2D eigenvalue weighted by atomic mass is 16.3. The third-order valence-electron chi connectivity index (χ3n) is 11.2. The number of aromatic nitrogens is 3. The largest absolute Gasteiger partial charge is 0.455 e. The van der Waals surface area contributed by atoms with Gasteiger partial charge >= 0.3 is 0 Å². The van der Waals surface area contributed by atoms with Crippen LogP contribution in [0.25, 0.3) is 111 Å². The summed E-state index contributed by atoms with van der Waals surface area (Å²) in [7, 11) is 0. The number of para-hydroxylation sites is 2. The first-order chi connectivity index (χ1) is 29.2. The summed E-state index contributed by atoms with van der Waals surface area (Å²) in [6.07, 6.45) is 0. The van der Waals surface area contributed by atoms with Gasteiger partial charge in [-0.1, -0.05) is 188 Å². The van der Waals surface area contributed by atoms with Crippen molar-refractivity contribution in [1.29, 1.82) is 0 Å². The molecule has 0 unspecified atom stereocenters. The zero-order chi connectivity index (χ0) is 39.1. The number of hydrogen-bond acceptors (Lipinski definition) is 4. The second kappa shape index (κ2) is 14.5. The molecule has 2 heterocycles. The van der Waals surface area contributed by atoms with Gasteiger partial charge in [0.1, 0.15) is 11.2 Å². The van der Waals surface area contributed by atoms with Gasteiger partial charge in [0.05, 0.1) is 5.56 Å². The molecule has 0 fully saturated rings. The SMILES string of the molecule is c1ccc(-c2ccc(-c3ccc(-c4nc(-c5ccc(-c6cccc(-c7ccccc7)c6)cc5)nc(-c5cccc6c5oc5ccccc56)n4)c4ccccc34)cc2)cc1. The summed E-state index contributed by atoms with van der Waals surface area (Å²) < 4.78 is 6.51. The van der Waals surface area contributed by atoms with E-state index in [1.54, 1.807) is 0 Å². The third kappa shape index (κ3) is 6.34. The lowest BCUT2D eigenvalue weighted by molar-refractivity contribution is 0.669. The van der Waals surface area contributed by atoms with E-state index < -0.39 is 0 Å². The van der Waals surface area contributed by atoms with Gasteiger partial charge in [-0.3, -0.25) is 0 Å². The molecule has 11 rings (SSSR count). The highest BCUT2D eigenvalue weighted by molar-refractivity contribution is 6.09. The highest BCUT2D eigenvalue weighted by Crippen LogP contribution is 2.39. The molecule has 0 N–H and O–H groups in total. The molecular weight excluding hydrogens is 719 g/mol. The van der Waals surface area contributed by atoms with Crippen LogP contribution in [-0.4, -0.2) is 15.0 Å². The smallest absolute Gasteiger partial charge is 0.167 e. The molecule has 0 aliphatic carbocycles. The molecule has 4 nitrogen and oxygen atoms in total. The van der Waals surface area contributed by atoms with E-state index in [0.29, 0.717) is 17.5 Å². The number of nitrogens with zero attached hydrogens (tertiary/aromatic N) is 3. The summed E-state index contributed by atoms with van der Waals surface area (Å²) >= 11 is 0. The molecule has 9 aromatic carbocycles. The highest BCUT2D eigenvalue weighted by Gasteiger charge is 2.19. The molecule has 0 aliphatic heterocycles. The molecule has 0 saturated heterocycles. The summed E-state index contributed by atoms with van der Waals surface area (Å²) in [5.41, 5.74) is 13.6. The van der Waals surface area contributed by atoms with E-state index in [1.807, 2.05) is 42.5 Å². The van der Waals surface area contributed by atoms with Crippen molar-refractivity contribution in [3.05, 3.63) is 212 Å². The Morgan fingerprint density at radius 3 is 1.39 bits per heavy atom. The number of rotatable bonds is 7. The van der Waals surface area contributed by atoms with Crippen molar-refractivity contribution in [2.45, 2.75) is 0 Å². The summed E-state index contributed by atoms with van der Waals surface area (Å²) in [6, 6.07) is 74.1. The van der Waals surface area contributed by atoms with Gasteiger partial charge < -0.3 is 4.42 Å². The minimum absolute atomic E-state index is 0.555. The minimum Gasteiger partial charge on any atom is -0.455 e. The molecular formula is C55H35N3O. The molecule has 2 aromatic heterocycles. The Kier molecular flexibility index (Phi) is 8.45. The van der Waals surface area contributed by atoms with E-state index >= 15 is 0 Å². The van der Waals surface area contributed by atoms with E-state index in [-0.39, 0.29) is 0 Å². The Hall–Kier alpha value is -7.95. The standard InChI is InChI=1S/C55H35N3O/c1-3-13-36(14-4-1)38-25-29-40(30-26-38)44-33-34-49(46-20-8-7-19-45(44)46)54-56-53(57-55(58-54)50-23-12-22-48-47-21-9-10-24-51(47)59-52(48)50)41-31-27-39(28-32-41)43-18-11-17-42(35-43)37-15-5-2-6-16-37/h1-35H. The summed E-state index contributed by atoms with van der Waals surface area (Å²) in [5, 5.41) is 4.28. The maximum Gasteiger partial charge on any atom is 0.167 e. The molecule has 0 amide bonds. The second-order valence-electron chi connectivity index (χ2n) is 14.8. The molecule has 11 aromatic rings. The topological polar surface area (TPSA) is 51.8 Å². The van der Waals surface area contributed by atoms with Crippen LogP contribution in [0.2, 0.25) is 0 Å². The monoisotopic (exact) mass is 753 g/mol. The van der Waals surface area contributed by atoms with Gasteiger partial charge in [-0.15, -0.1) is 0 Å². The zero-order valence-electron chi connectivity index (χ0n) is 32.0. The third-order valence-corrected chi connectivity index (χ3v) is 11.2. The van der Waals surface area contributed by atoms with Gasteiger partial charge in [-0.25, -0.2) is 15.0 Å². The van der Waals surface area contributed by atoms with Crippen molar-refractivity contribution >= 4 is 32.7 Å².